The van der Waals surface area contributed by atoms with Crippen LogP contribution in [0, 0.1) is 12.3 Å². The maximum atomic E-state index is 12.6. The lowest BCUT2D eigenvalue weighted by molar-refractivity contribution is 0.0601. The van der Waals surface area contributed by atoms with Gasteiger partial charge in [0.2, 0.25) is 0 Å². The van der Waals surface area contributed by atoms with E-state index < -0.39 is 0 Å². The molecule has 1 aliphatic rings. The lowest BCUT2D eigenvalue weighted by Crippen LogP contribution is -2.42. The molecule has 0 bridgehead atoms. The second-order valence-corrected chi connectivity index (χ2v) is 5.97. The number of pyridine rings is 1. The van der Waals surface area contributed by atoms with Gasteiger partial charge >= 0.3 is 0 Å². The van der Waals surface area contributed by atoms with Crippen LogP contribution in [0.3, 0.4) is 0 Å². The van der Waals surface area contributed by atoms with Crippen molar-refractivity contribution in [2.45, 2.75) is 40.0 Å². The highest BCUT2D eigenvalue weighted by atomic mass is 16.2. The largest absolute Gasteiger partial charge is 0.338 e. The number of anilines is 1. The van der Waals surface area contributed by atoms with E-state index in [1.54, 1.807) is 12.3 Å². The molecule has 1 saturated heterocycles. The molecule has 3 N–H and O–H groups in total. The van der Waals surface area contributed by atoms with Gasteiger partial charge in [-0.1, -0.05) is 20.3 Å². The quantitative estimate of drug-likeness (QED) is 0.656. The Kier molecular flexibility index (Phi) is 4.28. The molecule has 0 saturated carbocycles. The summed E-state index contributed by atoms with van der Waals surface area (Å²) in [6.07, 6.45) is 4.89. The molecule has 1 aromatic rings. The van der Waals surface area contributed by atoms with Crippen molar-refractivity contribution in [3.8, 4) is 0 Å². The van der Waals surface area contributed by atoms with Crippen LogP contribution in [0.2, 0.25) is 0 Å². The zero-order valence-electron chi connectivity index (χ0n) is 12.6. The number of piperidine rings is 1. The van der Waals surface area contributed by atoms with Gasteiger partial charge in [-0.05, 0) is 31.2 Å². The molecule has 20 heavy (non-hydrogen) atoms. The summed E-state index contributed by atoms with van der Waals surface area (Å²) in [6.45, 7) is 8.01. The minimum absolute atomic E-state index is 0.0172. The summed E-state index contributed by atoms with van der Waals surface area (Å²) in [4.78, 5) is 18.7. The lowest BCUT2D eigenvalue weighted by Gasteiger charge is -2.39. The number of nitrogens with zero attached hydrogens (tertiary/aromatic N) is 2. The van der Waals surface area contributed by atoms with E-state index in [1.807, 2.05) is 11.8 Å². The molecule has 1 aromatic heterocycles. The van der Waals surface area contributed by atoms with Crippen LogP contribution in [0.1, 0.15) is 49.2 Å². The minimum Gasteiger partial charge on any atom is -0.338 e. The molecule has 0 aliphatic carbocycles. The molecular weight excluding hydrogens is 252 g/mol. The minimum atomic E-state index is 0.0172. The van der Waals surface area contributed by atoms with E-state index in [-0.39, 0.29) is 5.91 Å². The van der Waals surface area contributed by atoms with Crippen LogP contribution in [-0.2, 0) is 0 Å². The summed E-state index contributed by atoms with van der Waals surface area (Å²) < 4.78 is 0. The molecule has 5 heteroatoms. The molecule has 0 spiro atoms. The number of nitrogen functional groups attached to an aromatic ring is 1. The van der Waals surface area contributed by atoms with Gasteiger partial charge in [-0.2, -0.15) is 0 Å². The van der Waals surface area contributed by atoms with Crippen molar-refractivity contribution in [2.24, 2.45) is 11.3 Å². The first-order valence-electron chi connectivity index (χ1n) is 7.21. The SMILES string of the molecule is CCC1(C)CCN(C(=O)c2cnc(C)cc2NN)CC1. The second kappa shape index (κ2) is 5.79. The topological polar surface area (TPSA) is 71.2 Å². The molecule has 1 aliphatic heterocycles. The van der Waals surface area contributed by atoms with Crippen LogP contribution in [0.4, 0.5) is 5.69 Å². The van der Waals surface area contributed by atoms with Crippen molar-refractivity contribution in [2.75, 3.05) is 18.5 Å². The number of likely N-dealkylation sites (tertiary alicyclic amines) is 1. The van der Waals surface area contributed by atoms with Crippen molar-refractivity contribution in [3.05, 3.63) is 23.5 Å². The van der Waals surface area contributed by atoms with E-state index >= 15 is 0 Å². The average Bonchev–Trinajstić information content (AvgIpc) is 2.47. The van der Waals surface area contributed by atoms with E-state index in [1.165, 1.54) is 0 Å². The first-order chi connectivity index (χ1) is 9.49. The third kappa shape index (κ3) is 2.93. The van der Waals surface area contributed by atoms with Gasteiger partial charge in [0.15, 0.2) is 0 Å². The molecule has 0 aromatic carbocycles. The Balaban J connectivity index is 2.13. The van der Waals surface area contributed by atoms with Crippen molar-refractivity contribution in [1.82, 2.24) is 9.88 Å². The number of nitrogens with one attached hydrogen (secondary N) is 1. The van der Waals surface area contributed by atoms with Gasteiger partial charge < -0.3 is 10.3 Å². The Hall–Kier alpha value is -1.62. The summed E-state index contributed by atoms with van der Waals surface area (Å²) in [6, 6.07) is 1.80. The summed E-state index contributed by atoms with van der Waals surface area (Å²) in [7, 11) is 0. The number of carbonyl (C=O) groups is 1. The van der Waals surface area contributed by atoms with Crippen LogP contribution in [0.5, 0.6) is 0 Å². The van der Waals surface area contributed by atoms with E-state index in [0.717, 1.165) is 38.0 Å². The van der Waals surface area contributed by atoms with Gasteiger partial charge in [-0.3, -0.25) is 15.6 Å². The fourth-order valence-electron chi connectivity index (χ4n) is 2.62. The molecule has 1 fully saturated rings. The number of aryl methyl sites for hydroxylation is 1. The second-order valence-electron chi connectivity index (χ2n) is 5.97. The van der Waals surface area contributed by atoms with Gasteiger partial charge in [0.1, 0.15) is 0 Å². The molecule has 1 amide bonds. The highest BCUT2D eigenvalue weighted by Crippen LogP contribution is 2.34. The summed E-state index contributed by atoms with van der Waals surface area (Å²) in [5, 5.41) is 0. The Morgan fingerprint density at radius 3 is 2.70 bits per heavy atom. The Morgan fingerprint density at radius 1 is 1.50 bits per heavy atom. The van der Waals surface area contributed by atoms with Gasteiger partial charge in [0.05, 0.1) is 11.3 Å². The van der Waals surface area contributed by atoms with Gasteiger partial charge in [-0.15, -0.1) is 0 Å². The maximum absolute atomic E-state index is 12.6. The fraction of sp³-hybridized carbons (Fsp3) is 0.600. The number of nitrogens with two attached hydrogens (primary N) is 1. The fourth-order valence-corrected chi connectivity index (χ4v) is 2.62. The van der Waals surface area contributed by atoms with Crippen molar-refractivity contribution in [3.63, 3.8) is 0 Å². The number of amides is 1. The molecule has 2 rings (SSSR count). The normalized spacial score (nSPS) is 17.9. The first-order valence-corrected chi connectivity index (χ1v) is 7.21. The molecule has 2 heterocycles. The van der Waals surface area contributed by atoms with Gasteiger partial charge in [0, 0.05) is 25.0 Å². The molecular formula is C15H24N4O. The van der Waals surface area contributed by atoms with Crippen LogP contribution >= 0.6 is 0 Å². The average molecular weight is 276 g/mol. The number of hydrogen-bond acceptors (Lipinski definition) is 4. The summed E-state index contributed by atoms with van der Waals surface area (Å²) in [5.74, 6) is 5.52. The third-order valence-electron chi connectivity index (χ3n) is 4.54. The van der Waals surface area contributed by atoms with E-state index in [9.17, 15) is 4.79 Å². The maximum Gasteiger partial charge on any atom is 0.257 e. The molecule has 0 radical (unpaired) electrons. The molecule has 110 valence electrons. The highest BCUT2D eigenvalue weighted by Gasteiger charge is 2.31. The zero-order valence-corrected chi connectivity index (χ0v) is 12.6. The number of hydrazine groups is 1. The van der Waals surface area contributed by atoms with Crippen molar-refractivity contribution in [1.29, 1.82) is 0 Å². The predicted molar refractivity (Wildman–Crippen MR) is 80.3 cm³/mol. The number of hydrogen-bond donors (Lipinski definition) is 2. The number of carbonyl (C=O) groups excluding carboxylic acids is 1. The van der Waals surface area contributed by atoms with E-state index in [4.69, 9.17) is 5.84 Å². The van der Waals surface area contributed by atoms with Crippen LogP contribution in [0.25, 0.3) is 0 Å². The van der Waals surface area contributed by atoms with Crippen LogP contribution in [-0.4, -0.2) is 28.9 Å². The third-order valence-corrected chi connectivity index (χ3v) is 4.54. The lowest BCUT2D eigenvalue weighted by atomic mass is 9.78. The predicted octanol–water partition coefficient (Wildman–Crippen LogP) is 2.33. The smallest absolute Gasteiger partial charge is 0.257 e. The number of rotatable bonds is 3. The monoisotopic (exact) mass is 276 g/mol. The molecule has 5 nitrogen and oxygen atoms in total. The number of aromatic nitrogens is 1. The summed E-state index contributed by atoms with van der Waals surface area (Å²) >= 11 is 0. The van der Waals surface area contributed by atoms with Crippen molar-refractivity contribution < 1.29 is 4.79 Å². The Labute approximate surface area is 120 Å². The molecule has 0 unspecified atom stereocenters. The van der Waals surface area contributed by atoms with Crippen LogP contribution < -0.4 is 11.3 Å². The first kappa shape index (κ1) is 14.8. The van der Waals surface area contributed by atoms with Crippen molar-refractivity contribution >= 4 is 11.6 Å². The zero-order chi connectivity index (χ0) is 14.8. The van der Waals surface area contributed by atoms with Gasteiger partial charge in [0.25, 0.3) is 5.91 Å². The van der Waals surface area contributed by atoms with E-state index in [2.05, 4.69) is 24.3 Å². The standard InChI is InChI=1S/C15H24N4O/c1-4-15(3)5-7-19(8-6-15)14(20)12-10-17-11(2)9-13(12)18-16/h9-10H,4-8,16H2,1-3H3,(H,17,18). The van der Waals surface area contributed by atoms with E-state index in [0.29, 0.717) is 16.7 Å². The Bertz CT molecular complexity index is 493. The summed E-state index contributed by atoms with van der Waals surface area (Å²) in [5.41, 5.74) is 5.01. The Morgan fingerprint density at radius 2 is 2.15 bits per heavy atom. The van der Waals surface area contributed by atoms with Crippen LogP contribution in [0.15, 0.2) is 12.3 Å². The highest BCUT2D eigenvalue weighted by molar-refractivity contribution is 5.99. The van der Waals surface area contributed by atoms with Gasteiger partial charge in [-0.25, -0.2) is 0 Å². The molecule has 0 atom stereocenters.